The zero-order valence-corrected chi connectivity index (χ0v) is 12.0. The lowest BCUT2D eigenvalue weighted by atomic mass is 10.2. The van der Waals surface area contributed by atoms with Crippen molar-refractivity contribution in [3.8, 4) is 5.75 Å². The Kier molecular flexibility index (Phi) is 5.13. The second-order valence-electron chi connectivity index (χ2n) is 4.08. The van der Waals surface area contributed by atoms with Crippen LogP contribution < -0.4 is 10.1 Å². The topological polar surface area (TPSA) is 58.6 Å². The van der Waals surface area contributed by atoms with Crippen LogP contribution in [0.25, 0.3) is 0 Å². The highest BCUT2D eigenvalue weighted by atomic mass is 32.2. The number of hydrogen-bond acceptors (Lipinski definition) is 4. The molecule has 102 valence electrons. The Morgan fingerprint density at radius 2 is 2.06 bits per heavy atom. The molecule has 18 heavy (non-hydrogen) atoms. The maximum Gasteiger partial charge on any atom is 0.246 e. The highest BCUT2D eigenvalue weighted by Gasteiger charge is 2.24. The summed E-state index contributed by atoms with van der Waals surface area (Å²) in [7, 11) is 1.31. The number of likely N-dealkylation sites (N-methyl/N-ethyl adjacent to an activating group) is 2. The van der Waals surface area contributed by atoms with Crippen LogP contribution in [0.4, 0.5) is 0 Å². The molecule has 1 aromatic carbocycles. The molecule has 0 amide bonds. The summed E-state index contributed by atoms with van der Waals surface area (Å²) in [5, 5.41) is 2.92. The van der Waals surface area contributed by atoms with Crippen LogP contribution in [0, 0.1) is 6.92 Å². The summed E-state index contributed by atoms with van der Waals surface area (Å²) in [6.07, 6.45) is 0. The van der Waals surface area contributed by atoms with Crippen molar-refractivity contribution in [3.05, 3.63) is 23.8 Å². The first-order valence-electron chi connectivity index (χ1n) is 5.69. The molecule has 0 aliphatic heterocycles. The highest BCUT2D eigenvalue weighted by molar-refractivity contribution is 7.89. The molecule has 6 heteroatoms. The Balaban J connectivity index is 3.14. The van der Waals surface area contributed by atoms with Crippen molar-refractivity contribution in [2.75, 3.05) is 34.3 Å². The third kappa shape index (κ3) is 3.22. The number of nitrogens with one attached hydrogen (secondary N) is 1. The molecular weight excluding hydrogens is 252 g/mol. The summed E-state index contributed by atoms with van der Waals surface area (Å²) in [4.78, 5) is 0.212. The van der Waals surface area contributed by atoms with Crippen LogP contribution in [-0.4, -0.2) is 47.0 Å². The van der Waals surface area contributed by atoms with E-state index in [0.29, 0.717) is 18.8 Å². The molecule has 0 aliphatic carbocycles. The SMILES string of the molecule is CNCCN(C)S(=O)(=O)c1cc(C)ccc1OC. The molecule has 0 radical (unpaired) electrons. The fourth-order valence-corrected chi connectivity index (χ4v) is 2.95. The molecule has 0 aromatic heterocycles. The van der Waals surface area contributed by atoms with E-state index >= 15 is 0 Å². The molecule has 0 saturated carbocycles. The second-order valence-corrected chi connectivity index (χ2v) is 6.10. The van der Waals surface area contributed by atoms with E-state index in [4.69, 9.17) is 4.74 Å². The minimum absolute atomic E-state index is 0.212. The monoisotopic (exact) mass is 272 g/mol. The van der Waals surface area contributed by atoms with Gasteiger partial charge in [-0.25, -0.2) is 8.42 Å². The van der Waals surface area contributed by atoms with E-state index in [1.165, 1.54) is 11.4 Å². The first kappa shape index (κ1) is 14.9. The Morgan fingerprint density at radius 1 is 1.39 bits per heavy atom. The first-order valence-corrected chi connectivity index (χ1v) is 7.13. The minimum Gasteiger partial charge on any atom is -0.495 e. The van der Waals surface area contributed by atoms with Gasteiger partial charge in [-0.15, -0.1) is 0 Å². The van der Waals surface area contributed by atoms with E-state index in [1.54, 1.807) is 26.2 Å². The third-order valence-corrected chi connectivity index (χ3v) is 4.56. The Morgan fingerprint density at radius 3 is 2.61 bits per heavy atom. The van der Waals surface area contributed by atoms with Crippen molar-refractivity contribution in [1.29, 1.82) is 0 Å². The van der Waals surface area contributed by atoms with Crippen molar-refractivity contribution in [3.63, 3.8) is 0 Å². The molecule has 0 heterocycles. The molecule has 0 fully saturated rings. The molecule has 1 rings (SSSR count). The molecule has 0 bridgehead atoms. The molecule has 0 spiro atoms. The van der Waals surface area contributed by atoms with Crippen molar-refractivity contribution in [2.24, 2.45) is 0 Å². The normalized spacial score (nSPS) is 11.8. The molecular formula is C12H20N2O3S. The first-order chi connectivity index (χ1) is 8.43. The van der Waals surface area contributed by atoms with Crippen molar-refractivity contribution >= 4 is 10.0 Å². The summed E-state index contributed by atoms with van der Waals surface area (Å²) in [6.45, 7) is 2.87. The van der Waals surface area contributed by atoms with E-state index in [9.17, 15) is 8.42 Å². The maximum atomic E-state index is 12.4. The maximum absolute atomic E-state index is 12.4. The van der Waals surface area contributed by atoms with Crippen LogP contribution in [0.5, 0.6) is 5.75 Å². The average molecular weight is 272 g/mol. The second kappa shape index (κ2) is 6.17. The fraction of sp³-hybridized carbons (Fsp3) is 0.500. The van der Waals surface area contributed by atoms with E-state index in [1.807, 2.05) is 13.0 Å². The van der Waals surface area contributed by atoms with Gasteiger partial charge < -0.3 is 10.1 Å². The number of ether oxygens (including phenoxy) is 1. The Bertz CT molecular complexity index is 500. The van der Waals surface area contributed by atoms with Gasteiger partial charge in [0.1, 0.15) is 10.6 Å². The molecule has 0 atom stereocenters. The lowest BCUT2D eigenvalue weighted by Crippen LogP contribution is -2.33. The van der Waals surface area contributed by atoms with Gasteiger partial charge in [-0.1, -0.05) is 6.07 Å². The van der Waals surface area contributed by atoms with Crippen LogP contribution in [0.15, 0.2) is 23.1 Å². The third-order valence-electron chi connectivity index (χ3n) is 2.68. The van der Waals surface area contributed by atoms with Gasteiger partial charge in [0, 0.05) is 20.1 Å². The van der Waals surface area contributed by atoms with Crippen LogP contribution in [0.2, 0.25) is 0 Å². The van der Waals surface area contributed by atoms with Gasteiger partial charge >= 0.3 is 0 Å². The highest BCUT2D eigenvalue weighted by Crippen LogP contribution is 2.26. The lowest BCUT2D eigenvalue weighted by molar-refractivity contribution is 0.397. The van der Waals surface area contributed by atoms with Gasteiger partial charge in [0.15, 0.2) is 0 Å². The standard InChI is InChI=1S/C12H20N2O3S/c1-10-5-6-11(17-4)12(9-10)18(15,16)14(3)8-7-13-2/h5-6,9,13H,7-8H2,1-4H3. The molecule has 0 unspecified atom stereocenters. The van der Waals surface area contributed by atoms with Gasteiger partial charge in [-0.05, 0) is 31.7 Å². The van der Waals surface area contributed by atoms with Gasteiger partial charge in [-0.2, -0.15) is 4.31 Å². The number of benzene rings is 1. The predicted octanol–water partition coefficient (Wildman–Crippen LogP) is 0.844. The summed E-state index contributed by atoms with van der Waals surface area (Å²) < 4.78 is 31.2. The number of nitrogens with zero attached hydrogens (tertiary/aromatic N) is 1. The zero-order chi connectivity index (χ0) is 13.8. The number of rotatable bonds is 6. The minimum atomic E-state index is -3.51. The summed E-state index contributed by atoms with van der Waals surface area (Å²) in [5.74, 6) is 0.372. The van der Waals surface area contributed by atoms with Crippen LogP contribution in [0.3, 0.4) is 0 Å². The van der Waals surface area contributed by atoms with E-state index in [-0.39, 0.29) is 4.90 Å². The van der Waals surface area contributed by atoms with Crippen molar-refractivity contribution in [1.82, 2.24) is 9.62 Å². The largest absolute Gasteiger partial charge is 0.495 e. The number of aryl methyl sites for hydroxylation is 1. The lowest BCUT2D eigenvalue weighted by Gasteiger charge is -2.19. The molecule has 1 aromatic rings. The Hall–Kier alpha value is -1.11. The zero-order valence-electron chi connectivity index (χ0n) is 11.2. The van der Waals surface area contributed by atoms with E-state index in [0.717, 1.165) is 5.56 Å². The van der Waals surface area contributed by atoms with E-state index in [2.05, 4.69) is 5.32 Å². The molecule has 5 nitrogen and oxygen atoms in total. The summed E-state index contributed by atoms with van der Waals surface area (Å²) >= 11 is 0. The number of methoxy groups -OCH3 is 1. The van der Waals surface area contributed by atoms with Gasteiger partial charge in [-0.3, -0.25) is 0 Å². The number of hydrogen-bond donors (Lipinski definition) is 1. The van der Waals surface area contributed by atoms with Crippen molar-refractivity contribution < 1.29 is 13.2 Å². The molecule has 0 aliphatic rings. The summed E-state index contributed by atoms with van der Waals surface area (Å²) in [5.41, 5.74) is 0.886. The molecule has 1 N–H and O–H groups in total. The van der Waals surface area contributed by atoms with Crippen LogP contribution >= 0.6 is 0 Å². The van der Waals surface area contributed by atoms with Crippen LogP contribution in [-0.2, 0) is 10.0 Å². The number of sulfonamides is 1. The van der Waals surface area contributed by atoms with Crippen molar-refractivity contribution in [2.45, 2.75) is 11.8 Å². The van der Waals surface area contributed by atoms with Gasteiger partial charge in [0.25, 0.3) is 0 Å². The van der Waals surface area contributed by atoms with Gasteiger partial charge in [0.2, 0.25) is 10.0 Å². The Labute approximate surface area is 109 Å². The quantitative estimate of drug-likeness (QED) is 0.834. The van der Waals surface area contributed by atoms with Crippen LogP contribution in [0.1, 0.15) is 5.56 Å². The molecule has 0 saturated heterocycles. The van der Waals surface area contributed by atoms with Gasteiger partial charge in [0.05, 0.1) is 7.11 Å². The summed E-state index contributed by atoms with van der Waals surface area (Å²) in [6, 6.07) is 5.13. The average Bonchev–Trinajstić information content (AvgIpc) is 2.35. The van der Waals surface area contributed by atoms with E-state index < -0.39 is 10.0 Å². The smallest absolute Gasteiger partial charge is 0.246 e. The fourth-order valence-electron chi connectivity index (χ4n) is 1.54. The predicted molar refractivity (Wildman–Crippen MR) is 71.5 cm³/mol.